The SMILES string of the molecule is N#Cc1cc(-c2nc(-c3ccc(-c4ccccc4)cc3)nc(-c3cccc(-c4ccccc4)c3)n2)cc(C23C[C@H]4C[C@@H](C2)C[C@@H](C3)C4)c1. The van der Waals surface area contributed by atoms with Crippen LogP contribution in [0.1, 0.15) is 49.7 Å². The van der Waals surface area contributed by atoms with Crippen LogP contribution in [0.3, 0.4) is 0 Å². The lowest BCUT2D eigenvalue weighted by atomic mass is 9.48. The van der Waals surface area contributed by atoms with E-state index in [9.17, 15) is 5.26 Å². The molecule has 4 saturated carbocycles. The topological polar surface area (TPSA) is 62.5 Å². The van der Waals surface area contributed by atoms with E-state index in [1.165, 1.54) is 49.7 Å². The molecule has 4 heteroatoms. The number of nitrogens with zero attached hydrogens (tertiary/aromatic N) is 4. The minimum atomic E-state index is 0.159. The van der Waals surface area contributed by atoms with Crippen molar-refractivity contribution >= 4 is 0 Å². The van der Waals surface area contributed by atoms with Crippen molar-refractivity contribution < 1.29 is 0 Å². The Morgan fingerprint density at radius 1 is 0.458 bits per heavy atom. The van der Waals surface area contributed by atoms with E-state index in [2.05, 4.69) is 115 Å². The van der Waals surface area contributed by atoms with Crippen LogP contribution >= 0.6 is 0 Å². The van der Waals surface area contributed by atoms with Gasteiger partial charge >= 0.3 is 0 Å². The number of benzene rings is 5. The standard InChI is InChI=1S/C44H36N4/c45-28-32-21-39(24-40(22-32)44-25-29-18-30(26-44)20-31(19-29)27-44)43-47-41(36-16-14-35(15-17-36)33-8-3-1-4-9-33)46-42(48-43)38-13-7-12-37(23-38)34-10-5-2-6-11-34/h1-17,21-24,29-31H,18-20,25-27H2/t29-,30+,31-,44?. The zero-order chi connectivity index (χ0) is 32.1. The molecule has 0 N–H and O–H groups in total. The first kappa shape index (κ1) is 28.8. The Morgan fingerprint density at radius 2 is 0.938 bits per heavy atom. The second-order valence-corrected chi connectivity index (χ2v) is 14.3. The first-order chi connectivity index (χ1) is 23.6. The molecule has 4 bridgehead atoms. The van der Waals surface area contributed by atoms with E-state index in [0.29, 0.717) is 23.0 Å². The molecular formula is C44H36N4. The van der Waals surface area contributed by atoms with Crippen molar-refractivity contribution in [3.05, 3.63) is 139 Å². The van der Waals surface area contributed by atoms with Crippen LogP contribution < -0.4 is 0 Å². The molecule has 0 aliphatic heterocycles. The van der Waals surface area contributed by atoms with E-state index in [-0.39, 0.29) is 5.41 Å². The lowest BCUT2D eigenvalue weighted by Gasteiger charge is -2.57. The first-order valence-corrected chi connectivity index (χ1v) is 17.2. The van der Waals surface area contributed by atoms with Gasteiger partial charge in [0.1, 0.15) is 0 Å². The Kier molecular flexibility index (Phi) is 7.01. The summed E-state index contributed by atoms with van der Waals surface area (Å²) in [7, 11) is 0. The maximum atomic E-state index is 10.2. The predicted octanol–water partition coefficient (Wildman–Crippen LogP) is 10.5. The summed E-state index contributed by atoms with van der Waals surface area (Å²) in [6, 6.07) is 46.6. The molecule has 0 atom stereocenters. The van der Waals surface area contributed by atoms with Gasteiger partial charge in [-0.2, -0.15) is 5.26 Å². The number of nitriles is 1. The van der Waals surface area contributed by atoms with Crippen LogP contribution in [0, 0.1) is 29.1 Å². The Hall–Kier alpha value is -5.40. The fourth-order valence-corrected chi connectivity index (χ4v) is 9.27. The third-order valence-corrected chi connectivity index (χ3v) is 11.1. The maximum absolute atomic E-state index is 10.2. The molecule has 48 heavy (non-hydrogen) atoms. The molecule has 4 aliphatic rings. The van der Waals surface area contributed by atoms with Gasteiger partial charge in [0.2, 0.25) is 0 Å². The van der Waals surface area contributed by atoms with E-state index >= 15 is 0 Å². The van der Waals surface area contributed by atoms with E-state index in [4.69, 9.17) is 15.0 Å². The first-order valence-electron chi connectivity index (χ1n) is 17.2. The van der Waals surface area contributed by atoms with Crippen molar-refractivity contribution in [2.75, 3.05) is 0 Å². The Morgan fingerprint density at radius 3 is 1.54 bits per heavy atom. The van der Waals surface area contributed by atoms with Crippen LogP contribution in [0.2, 0.25) is 0 Å². The van der Waals surface area contributed by atoms with Crippen molar-refractivity contribution in [1.29, 1.82) is 5.26 Å². The van der Waals surface area contributed by atoms with E-state index in [1.54, 1.807) is 0 Å². The van der Waals surface area contributed by atoms with Crippen molar-refractivity contribution in [2.45, 2.75) is 43.9 Å². The number of hydrogen-bond acceptors (Lipinski definition) is 4. The van der Waals surface area contributed by atoms with Crippen LogP contribution in [0.5, 0.6) is 0 Å². The summed E-state index contributed by atoms with van der Waals surface area (Å²) in [4.78, 5) is 15.3. The highest BCUT2D eigenvalue weighted by Gasteiger charge is 2.51. The minimum absolute atomic E-state index is 0.159. The van der Waals surface area contributed by atoms with Gasteiger partial charge in [-0.05, 0) is 114 Å². The smallest absolute Gasteiger partial charge is 0.164 e. The van der Waals surface area contributed by atoms with Crippen LogP contribution in [0.25, 0.3) is 56.4 Å². The molecular weight excluding hydrogens is 585 g/mol. The number of hydrogen-bond donors (Lipinski definition) is 0. The minimum Gasteiger partial charge on any atom is -0.208 e. The third kappa shape index (κ3) is 5.30. The molecule has 10 rings (SSSR count). The second-order valence-electron chi connectivity index (χ2n) is 14.3. The molecule has 232 valence electrons. The zero-order valence-electron chi connectivity index (χ0n) is 26.9. The summed E-state index contributed by atoms with van der Waals surface area (Å²) in [5.74, 6) is 4.30. The van der Waals surface area contributed by atoms with Gasteiger partial charge in [0.05, 0.1) is 11.6 Å². The highest BCUT2D eigenvalue weighted by Crippen LogP contribution is 2.61. The van der Waals surface area contributed by atoms with Gasteiger partial charge in [0.25, 0.3) is 0 Å². The quantitative estimate of drug-likeness (QED) is 0.186. The Balaban J connectivity index is 1.18. The van der Waals surface area contributed by atoms with Crippen LogP contribution in [0.4, 0.5) is 0 Å². The Bertz CT molecular complexity index is 2130. The van der Waals surface area contributed by atoms with Crippen LogP contribution in [-0.4, -0.2) is 15.0 Å². The van der Waals surface area contributed by atoms with Crippen LogP contribution in [0.15, 0.2) is 127 Å². The lowest BCUT2D eigenvalue weighted by molar-refractivity contribution is -0.00518. The van der Waals surface area contributed by atoms with Crippen molar-refractivity contribution in [2.24, 2.45) is 17.8 Å². The summed E-state index contributed by atoms with van der Waals surface area (Å²) < 4.78 is 0. The van der Waals surface area contributed by atoms with E-state index in [1.807, 2.05) is 18.2 Å². The molecule has 0 radical (unpaired) electrons. The van der Waals surface area contributed by atoms with Gasteiger partial charge in [-0.3, -0.25) is 0 Å². The molecule has 0 spiro atoms. The highest BCUT2D eigenvalue weighted by molar-refractivity contribution is 5.74. The van der Waals surface area contributed by atoms with Crippen LogP contribution in [-0.2, 0) is 5.41 Å². The summed E-state index contributed by atoms with van der Waals surface area (Å²) >= 11 is 0. The fraction of sp³-hybridized carbons (Fsp3) is 0.227. The normalized spacial score (nSPS) is 22.4. The molecule has 6 aromatic rings. The Labute approximate surface area is 282 Å². The van der Waals surface area contributed by atoms with Crippen molar-refractivity contribution in [3.8, 4) is 62.5 Å². The number of aromatic nitrogens is 3. The summed E-state index contributed by atoms with van der Waals surface area (Å²) in [6.45, 7) is 0. The monoisotopic (exact) mass is 620 g/mol. The van der Waals surface area contributed by atoms with Gasteiger partial charge in [-0.1, -0.05) is 103 Å². The van der Waals surface area contributed by atoms with Gasteiger partial charge < -0.3 is 0 Å². The molecule has 0 saturated heterocycles. The van der Waals surface area contributed by atoms with E-state index < -0.39 is 0 Å². The van der Waals surface area contributed by atoms with Gasteiger partial charge in [0.15, 0.2) is 17.5 Å². The van der Waals surface area contributed by atoms with Gasteiger partial charge in [-0.25, -0.2) is 15.0 Å². The molecule has 5 aromatic carbocycles. The highest BCUT2D eigenvalue weighted by atomic mass is 15.0. The molecule has 4 aliphatic carbocycles. The summed E-state index contributed by atoms with van der Waals surface area (Å²) in [6.07, 6.45) is 7.86. The van der Waals surface area contributed by atoms with Gasteiger partial charge in [-0.15, -0.1) is 0 Å². The summed E-state index contributed by atoms with van der Waals surface area (Å²) in [5.41, 5.74) is 9.47. The molecule has 4 fully saturated rings. The predicted molar refractivity (Wildman–Crippen MR) is 192 cm³/mol. The average Bonchev–Trinajstić information content (AvgIpc) is 3.15. The van der Waals surface area contributed by atoms with Gasteiger partial charge in [0, 0.05) is 16.7 Å². The second kappa shape index (κ2) is 11.7. The van der Waals surface area contributed by atoms with Crippen molar-refractivity contribution in [3.63, 3.8) is 0 Å². The van der Waals surface area contributed by atoms with Crippen molar-refractivity contribution in [1.82, 2.24) is 15.0 Å². The largest absolute Gasteiger partial charge is 0.208 e. The molecule has 4 nitrogen and oxygen atoms in total. The summed E-state index contributed by atoms with van der Waals surface area (Å²) in [5, 5.41) is 10.2. The van der Waals surface area contributed by atoms with E-state index in [0.717, 1.165) is 51.1 Å². The molecule has 0 unspecified atom stereocenters. The fourth-order valence-electron chi connectivity index (χ4n) is 9.27. The maximum Gasteiger partial charge on any atom is 0.164 e. The molecule has 1 heterocycles. The number of rotatable bonds is 6. The average molecular weight is 621 g/mol. The lowest BCUT2D eigenvalue weighted by Crippen LogP contribution is -2.48. The molecule has 1 aromatic heterocycles. The molecule has 0 amide bonds. The third-order valence-electron chi connectivity index (χ3n) is 11.1. The zero-order valence-corrected chi connectivity index (χ0v) is 26.9.